The van der Waals surface area contributed by atoms with Gasteiger partial charge < -0.3 is 26.0 Å². The number of anilines is 1. The van der Waals surface area contributed by atoms with Crippen LogP contribution in [0, 0.1) is 5.82 Å². The molecule has 1 saturated heterocycles. The minimum atomic E-state index is -1.03. The maximum absolute atomic E-state index is 14.2. The summed E-state index contributed by atoms with van der Waals surface area (Å²) in [5.74, 6) is -2.45. The summed E-state index contributed by atoms with van der Waals surface area (Å²) in [7, 11) is 1.41. The van der Waals surface area contributed by atoms with Gasteiger partial charge in [0.2, 0.25) is 11.8 Å². The average Bonchev–Trinajstić information content (AvgIpc) is 3.19. The van der Waals surface area contributed by atoms with Gasteiger partial charge in [0.25, 0.3) is 5.71 Å². The highest BCUT2D eigenvalue weighted by molar-refractivity contribution is 6.43. The second-order valence-corrected chi connectivity index (χ2v) is 8.17. The standard InChI is InChI=1S/C23H24ClFN6O4/c1-12-11-31(17(32)10-29-16-9-28-7-6-14(16)19(26)22(27)33)20(21(12)35-2)23(34)30-8-13-4-3-5-15(24)18(13)25/h3-7,9,20-21,26,29H,1,8,10-11H2,2H3,(H2,27,33)(H,30,34)/p+1/t20-,21+/m0/s1. The molecule has 1 aromatic carbocycles. The third-order valence-corrected chi connectivity index (χ3v) is 5.82. The largest absolute Gasteiger partial charge is 0.374 e. The molecule has 12 heteroatoms. The summed E-state index contributed by atoms with van der Waals surface area (Å²) in [5, 5.41) is 11.2. The first-order valence-corrected chi connectivity index (χ1v) is 10.8. The second kappa shape index (κ2) is 11.1. The van der Waals surface area contributed by atoms with Gasteiger partial charge in [-0.1, -0.05) is 30.3 Å². The molecule has 3 amide bonds. The molecule has 3 rings (SSSR count). The van der Waals surface area contributed by atoms with Gasteiger partial charge in [-0.3, -0.25) is 19.4 Å². The molecule has 184 valence electrons. The minimum Gasteiger partial charge on any atom is -0.374 e. The van der Waals surface area contributed by atoms with Crippen LogP contribution in [0.4, 0.5) is 10.1 Å². The number of aromatic nitrogens is 1. The van der Waals surface area contributed by atoms with Crippen molar-refractivity contribution >= 4 is 40.7 Å². The summed E-state index contributed by atoms with van der Waals surface area (Å²) < 4.78 is 19.6. The van der Waals surface area contributed by atoms with E-state index in [9.17, 15) is 18.8 Å². The molecule has 1 aliphatic heterocycles. The Kier molecular flexibility index (Phi) is 8.15. The third-order valence-electron chi connectivity index (χ3n) is 5.53. The summed E-state index contributed by atoms with van der Waals surface area (Å²) in [6.45, 7) is 3.61. The van der Waals surface area contributed by atoms with Gasteiger partial charge in [-0.05, 0) is 17.7 Å². The Hall–Kier alpha value is -3.83. The summed E-state index contributed by atoms with van der Waals surface area (Å²) in [6, 6.07) is 4.92. The van der Waals surface area contributed by atoms with Gasteiger partial charge in [0.05, 0.1) is 29.0 Å². The van der Waals surface area contributed by atoms with Crippen molar-refractivity contribution in [3.8, 4) is 0 Å². The molecule has 0 radical (unpaired) electrons. The van der Waals surface area contributed by atoms with E-state index in [4.69, 9.17) is 27.5 Å². The fourth-order valence-corrected chi connectivity index (χ4v) is 3.95. The molecule has 2 atom stereocenters. The Bertz CT molecular complexity index is 1190. The first kappa shape index (κ1) is 25.8. The van der Waals surface area contributed by atoms with Crippen LogP contribution in [-0.4, -0.2) is 65.7 Å². The first-order chi connectivity index (χ1) is 16.6. The molecule has 0 spiro atoms. The minimum absolute atomic E-state index is 0.0624. The molecule has 0 bridgehead atoms. The van der Waals surface area contributed by atoms with E-state index in [1.165, 1.54) is 42.6 Å². The number of primary amides is 1. The van der Waals surface area contributed by atoms with Crippen LogP contribution in [0.1, 0.15) is 11.1 Å². The number of benzene rings is 1. The lowest BCUT2D eigenvalue weighted by atomic mass is 10.1. The fourth-order valence-electron chi connectivity index (χ4n) is 3.76. The van der Waals surface area contributed by atoms with Crippen molar-refractivity contribution in [3.63, 3.8) is 0 Å². The smallest absolute Gasteiger partial charge is 0.313 e. The number of carbonyl (C=O) groups excluding carboxylic acids is 3. The molecule has 1 fully saturated rings. The SMILES string of the molecule is C=C1CN(C(=O)CNc2cnccc2C(=[NH2+])C(N)=O)[C@H](C(=O)NCc2cccc(Cl)c2F)[C@@H]1OC. The zero-order valence-corrected chi connectivity index (χ0v) is 19.6. The summed E-state index contributed by atoms with van der Waals surface area (Å²) >= 11 is 5.80. The molecular formula is C23H25ClFN6O4+. The monoisotopic (exact) mass is 503 g/mol. The molecule has 0 unspecified atom stereocenters. The maximum Gasteiger partial charge on any atom is 0.313 e. The number of pyridine rings is 1. The quantitative estimate of drug-likeness (QED) is 0.265. The van der Waals surface area contributed by atoms with Crippen molar-refractivity contribution in [1.29, 1.82) is 0 Å². The molecule has 1 aromatic heterocycles. The van der Waals surface area contributed by atoms with E-state index in [1.807, 2.05) is 0 Å². The van der Waals surface area contributed by atoms with Crippen LogP contribution in [0.3, 0.4) is 0 Å². The van der Waals surface area contributed by atoms with Gasteiger partial charge in [0.15, 0.2) is 0 Å². The lowest BCUT2D eigenvalue weighted by molar-refractivity contribution is -0.139. The van der Waals surface area contributed by atoms with Gasteiger partial charge in [-0.15, -0.1) is 0 Å². The van der Waals surface area contributed by atoms with Crippen molar-refractivity contribution in [2.24, 2.45) is 5.73 Å². The Morgan fingerprint density at radius 3 is 2.80 bits per heavy atom. The van der Waals surface area contributed by atoms with Gasteiger partial charge in [0, 0.05) is 32.0 Å². The number of methoxy groups -OCH3 is 1. The van der Waals surface area contributed by atoms with Crippen LogP contribution in [0.2, 0.25) is 5.02 Å². The number of amides is 3. The molecule has 6 N–H and O–H groups in total. The van der Waals surface area contributed by atoms with Crippen LogP contribution in [0.5, 0.6) is 0 Å². The van der Waals surface area contributed by atoms with Crippen LogP contribution in [-0.2, 0) is 25.7 Å². The number of ether oxygens (including phenoxy) is 1. The molecule has 0 aliphatic carbocycles. The van der Waals surface area contributed by atoms with Gasteiger partial charge in [0.1, 0.15) is 18.0 Å². The highest BCUT2D eigenvalue weighted by atomic mass is 35.5. The zero-order chi connectivity index (χ0) is 25.7. The number of nitrogens with zero attached hydrogens (tertiary/aromatic N) is 2. The molecule has 2 aromatic rings. The fraction of sp³-hybridized carbons (Fsp3) is 0.261. The van der Waals surface area contributed by atoms with E-state index in [2.05, 4.69) is 22.2 Å². The normalized spacial score (nSPS) is 17.2. The number of nitrogens with one attached hydrogen (secondary N) is 2. The van der Waals surface area contributed by atoms with Crippen molar-refractivity contribution < 1.29 is 28.9 Å². The van der Waals surface area contributed by atoms with Crippen molar-refractivity contribution in [2.45, 2.75) is 18.7 Å². The summed E-state index contributed by atoms with van der Waals surface area (Å²) in [5.41, 5.74) is 6.40. The predicted molar refractivity (Wildman–Crippen MR) is 127 cm³/mol. The number of carbonyl (C=O) groups is 3. The summed E-state index contributed by atoms with van der Waals surface area (Å²) in [4.78, 5) is 42.9. The highest BCUT2D eigenvalue weighted by Gasteiger charge is 2.44. The topological polar surface area (TPSA) is 152 Å². The molecule has 0 saturated carbocycles. The highest BCUT2D eigenvalue weighted by Crippen LogP contribution is 2.26. The van der Waals surface area contributed by atoms with Crippen molar-refractivity contribution in [3.05, 3.63) is 70.8 Å². The number of likely N-dealkylation sites (tertiary alicyclic amines) is 1. The van der Waals surface area contributed by atoms with Crippen LogP contribution in [0.25, 0.3) is 0 Å². The maximum atomic E-state index is 14.2. The zero-order valence-electron chi connectivity index (χ0n) is 18.9. The van der Waals surface area contributed by atoms with Crippen molar-refractivity contribution in [1.82, 2.24) is 15.2 Å². The Morgan fingerprint density at radius 1 is 1.37 bits per heavy atom. The van der Waals surface area contributed by atoms with Crippen molar-refractivity contribution in [2.75, 3.05) is 25.5 Å². The van der Waals surface area contributed by atoms with E-state index in [1.54, 1.807) is 6.07 Å². The van der Waals surface area contributed by atoms with Gasteiger partial charge in [-0.25, -0.2) is 9.80 Å². The molecule has 1 aliphatic rings. The average molecular weight is 504 g/mol. The Morgan fingerprint density at radius 2 is 2.11 bits per heavy atom. The van der Waals surface area contributed by atoms with E-state index in [-0.39, 0.29) is 35.9 Å². The lowest BCUT2D eigenvalue weighted by Crippen LogP contribution is -2.51. The molecule has 10 nitrogen and oxygen atoms in total. The van der Waals surface area contributed by atoms with E-state index in [0.717, 1.165) is 0 Å². The first-order valence-electron chi connectivity index (χ1n) is 10.5. The van der Waals surface area contributed by atoms with Gasteiger partial charge in [-0.2, -0.15) is 0 Å². The molecule has 35 heavy (non-hydrogen) atoms. The van der Waals surface area contributed by atoms with Gasteiger partial charge >= 0.3 is 5.91 Å². The Labute approximate surface area is 205 Å². The molecule has 2 heterocycles. The predicted octanol–water partition coefficient (Wildman–Crippen LogP) is -0.582. The second-order valence-electron chi connectivity index (χ2n) is 7.76. The molecular weight excluding hydrogens is 479 g/mol. The number of halogens is 2. The van der Waals surface area contributed by atoms with E-state index < -0.39 is 35.7 Å². The van der Waals surface area contributed by atoms with E-state index in [0.29, 0.717) is 16.8 Å². The van der Waals surface area contributed by atoms with Crippen LogP contribution in [0.15, 0.2) is 48.8 Å². The number of hydrogen-bond acceptors (Lipinski definition) is 6. The number of nitrogens with two attached hydrogens (primary N) is 2. The van der Waals surface area contributed by atoms with E-state index >= 15 is 0 Å². The summed E-state index contributed by atoms with van der Waals surface area (Å²) in [6.07, 6.45) is 2.06. The number of hydrogen-bond donors (Lipinski definition) is 4. The number of rotatable bonds is 9. The van der Waals surface area contributed by atoms with Crippen LogP contribution < -0.4 is 21.8 Å². The lowest BCUT2D eigenvalue weighted by Gasteiger charge is -2.26. The Balaban J connectivity index is 1.74. The third kappa shape index (κ3) is 5.64. The van der Waals surface area contributed by atoms with Crippen LogP contribution >= 0.6 is 11.6 Å².